The average Bonchev–Trinajstić information content (AvgIpc) is 3.47. The van der Waals surface area contributed by atoms with Crippen LogP contribution in [0.25, 0.3) is 5.65 Å². The molecule has 3 aromatic heterocycles. The molecule has 3 aromatic rings. The summed E-state index contributed by atoms with van der Waals surface area (Å²) in [6.45, 7) is 7.25. The van der Waals surface area contributed by atoms with Gasteiger partial charge in [-0.25, -0.2) is 9.50 Å². The predicted molar refractivity (Wildman–Crippen MR) is 126 cm³/mol. The van der Waals surface area contributed by atoms with Gasteiger partial charge in [0, 0.05) is 42.5 Å². The van der Waals surface area contributed by atoms with Gasteiger partial charge in [-0.05, 0) is 64.8 Å². The van der Waals surface area contributed by atoms with Gasteiger partial charge in [0.1, 0.15) is 0 Å². The van der Waals surface area contributed by atoms with Crippen LogP contribution in [0.1, 0.15) is 68.6 Å². The molecule has 8 heteroatoms. The molecule has 2 aliphatic rings. The number of H-pyrrole nitrogens is 1. The van der Waals surface area contributed by atoms with Gasteiger partial charge in [-0.2, -0.15) is 0 Å². The van der Waals surface area contributed by atoms with Gasteiger partial charge in [-0.15, -0.1) is 0 Å². The maximum absolute atomic E-state index is 13.0. The normalized spacial score (nSPS) is 20.2. The fourth-order valence-corrected chi connectivity index (χ4v) is 5.27. The van der Waals surface area contributed by atoms with Crippen LogP contribution in [0.4, 0.5) is 0 Å². The molecule has 5 rings (SSSR count). The number of hydrogen-bond acceptors (Lipinski definition) is 5. The Morgan fingerprint density at radius 3 is 2.70 bits per heavy atom. The number of nitrogens with zero attached hydrogens (tertiary/aromatic N) is 5. The number of nitrogens with one attached hydrogen (secondary N) is 1. The van der Waals surface area contributed by atoms with E-state index in [0.717, 1.165) is 55.9 Å². The van der Waals surface area contributed by atoms with Crippen LogP contribution in [0.3, 0.4) is 0 Å². The van der Waals surface area contributed by atoms with Crippen molar-refractivity contribution in [2.45, 2.75) is 64.0 Å². The van der Waals surface area contributed by atoms with E-state index in [9.17, 15) is 9.59 Å². The van der Waals surface area contributed by atoms with E-state index >= 15 is 0 Å². The average molecular weight is 449 g/mol. The number of aromatic nitrogens is 4. The van der Waals surface area contributed by atoms with Crippen LogP contribution >= 0.6 is 0 Å². The van der Waals surface area contributed by atoms with Crippen molar-refractivity contribution < 1.29 is 4.79 Å². The van der Waals surface area contributed by atoms with E-state index in [1.165, 1.54) is 4.52 Å². The standard InChI is InChI=1S/C25H32N6O2/c1-17(2)29-12-8-18(9-13-29)20-16-25(33)31-23(27-20)15-21(28-31)22-7-5-11-30(22)24(32)14-19-6-3-4-10-26-19/h3-4,6,10,15-18,22,28H,5,7-9,11-14H2,1-2H3/t22-/m0/s1. The van der Waals surface area contributed by atoms with Crippen LogP contribution < -0.4 is 5.56 Å². The smallest absolute Gasteiger partial charge is 0.272 e. The Morgan fingerprint density at radius 2 is 1.97 bits per heavy atom. The lowest BCUT2D eigenvalue weighted by atomic mass is 9.92. The summed E-state index contributed by atoms with van der Waals surface area (Å²) in [6.07, 6.45) is 5.86. The van der Waals surface area contributed by atoms with E-state index in [2.05, 4.69) is 28.8 Å². The maximum atomic E-state index is 13.0. The first-order valence-corrected chi connectivity index (χ1v) is 12.1. The molecule has 2 saturated heterocycles. The summed E-state index contributed by atoms with van der Waals surface area (Å²) >= 11 is 0. The Morgan fingerprint density at radius 1 is 1.15 bits per heavy atom. The summed E-state index contributed by atoms with van der Waals surface area (Å²) in [4.78, 5) is 39.4. The van der Waals surface area contributed by atoms with Crippen LogP contribution in [0.5, 0.6) is 0 Å². The second kappa shape index (κ2) is 9.09. The highest BCUT2D eigenvalue weighted by Gasteiger charge is 2.32. The van der Waals surface area contributed by atoms with Crippen LogP contribution in [0.15, 0.2) is 41.3 Å². The van der Waals surface area contributed by atoms with Crippen molar-refractivity contribution in [3.63, 3.8) is 0 Å². The molecule has 0 saturated carbocycles. The number of carbonyl (C=O) groups is 1. The Hall–Kier alpha value is -3.00. The topological polar surface area (TPSA) is 86.6 Å². The monoisotopic (exact) mass is 448 g/mol. The van der Waals surface area contributed by atoms with Crippen LogP contribution in [-0.4, -0.2) is 61.0 Å². The lowest BCUT2D eigenvalue weighted by Crippen LogP contribution is -2.38. The highest BCUT2D eigenvalue weighted by Crippen LogP contribution is 2.32. The Balaban J connectivity index is 1.36. The third-order valence-electron chi connectivity index (χ3n) is 7.16. The largest absolute Gasteiger partial charge is 0.334 e. The highest BCUT2D eigenvalue weighted by atomic mass is 16.2. The first kappa shape index (κ1) is 21.8. The molecular formula is C25H32N6O2. The lowest BCUT2D eigenvalue weighted by Gasteiger charge is -2.34. The third-order valence-corrected chi connectivity index (χ3v) is 7.16. The number of piperidine rings is 1. The van der Waals surface area contributed by atoms with Crippen molar-refractivity contribution in [1.29, 1.82) is 0 Å². The molecule has 0 bridgehead atoms. The second-order valence-electron chi connectivity index (χ2n) is 9.57. The number of likely N-dealkylation sites (tertiary alicyclic amines) is 2. The summed E-state index contributed by atoms with van der Waals surface area (Å²) in [7, 11) is 0. The van der Waals surface area contributed by atoms with E-state index in [1.807, 2.05) is 29.2 Å². The van der Waals surface area contributed by atoms with Gasteiger partial charge >= 0.3 is 0 Å². The molecule has 8 nitrogen and oxygen atoms in total. The Kier molecular flexibility index (Phi) is 6.01. The summed E-state index contributed by atoms with van der Waals surface area (Å²) in [6, 6.07) is 9.74. The molecular weight excluding hydrogens is 416 g/mol. The lowest BCUT2D eigenvalue weighted by molar-refractivity contribution is -0.131. The summed E-state index contributed by atoms with van der Waals surface area (Å²) in [5.41, 5.74) is 3.09. The zero-order valence-electron chi connectivity index (χ0n) is 19.4. The quantitative estimate of drug-likeness (QED) is 0.649. The molecule has 0 spiro atoms. The first-order valence-electron chi connectivity index (χ1n) is 12.1. The zero-order valence-corrected chi connectivity index (χ0v) is 19.4. The molecule has 0 unspecified atom stereocenters. The van der Waals surface area contributed by atoms with Crippen molar-refractivity contribution in [3.05, 3.63) is 64.0 Å². The van der Waals surface area contributed by atoms with E-state index in [4.69, 9.17) is 4.98 Å². The van der Waals surface area contributed by atoms with E-state index in [0.29, 0.717) is 24.2 Å². The minimum atomic E-state index is -0.0862. The van der Waals surface area contributed by atoms with Crippen LogP contribution in [-0.2, 0) is 11.2 Å². The maximum Gasteiger partial charge on any atom is 0.272 e. The van der Waals surface area contributed by atoms with Gasteiger partial charge in [0.15, 0.2) is 5.65 Å². The Labute approximate surface area is 193 Å². The van der Waals surface area contributed by atoms with Crippen LogP contribution in [0, 0.1) is 0 Å². The van der Waals surface area contributed by atoms with E-state index in [-0.39, 0.29) is 23.9 Å². The molecule has 5 heterocycles. The zero-order chi connectivity index (χ0) is 22.9. The van der Waals surface area contributed by atoms with Gasteiger partial charge in [0.05, 0.1) is 23.9 Å². The fourth-order valence-electron chi connectivity index (χ4n) is 5.27. The van der Waals surface area contributed by atoms with E-state index in [1.54, 1.807) is 12.3 Å². The minimum Gasteiger partial charge on any atom is -0.334 e. The van der Waals surface area contributed by atoms with Crippen molar-refractivity contribution in [2.24, 2.45) is 0 Å². The number of hydrogen-bond donors (Lipinski definition) is 1. The third kappa shape index (κ3) is 4.44. The second-order valence-corrected chi connectivity index (χ2v) is 9.57. The molecule has 1 amide bonds. The minimum absolute atomic E-state index is 0.0627. The van der Waals surface area contributed by atoms with Gasteiger partial charge in [0.2, 0.25) is 5.91 Å². The van der Waals surface area contributed by atoms with Gasteiger partial charge < -0.3 is 9.80 Å². The van der Waals surface area contributed by atoms with Crippen molar-refractivity contribution in [2.75, 3.05) is 19.6 Å². The molecule has 1 N–H and O–H groups in total. The predicted octanol–water partition coefficient (Wildman–Crippen LogP) is 2.91. The molecule has 1 atom stereocenters. The number of pyridine rings is 1. The van der Waals surface area contributed by atoms with Gasteiger partial charge in [-0.1, -0.05) is 6.07 Å². The molecule has 0 aliphatic carbocycles. The van der Waals surface area contributed by atoms with Crippen molar-refractivity contribution in [3.8, 4) is 0 Å². The number of rotatable bonds is 5. The van der Waals surface area contributed by atoms with E-state index < -0.39 is 0 Å². The fraction of sp³-hybridized carbons (Fsp3) is 0.520. The van der Waals surface area contributed by atoms with Crippen molar-refractivity contribution in [1.82, 2.24) is 29.4 Å². The number of carbonyl (C=O) groups excluding carboxylic acids is 1. The Bertz CT molecular complexity index is 1180. The SMILES string of the molecule is CC(C)N1CCC(c2cc(=O)n3[nH]c([C@@H]4CCCN4C(=O)Cc4ccccn4)cc3n2)CC1. The highest BCUT2D eigenvalue weighted by molar-refractivity contribution is 5.79. The van der Waals surface area contributed by atoms with Gasteiger partial charge in [0.25, 0.3) is 5.56 Å². The summed E-state index contributed by atoms with van der Waals surface area (Å²) in [5, 5.41) is 3.23. The number of aromatic amines is 1. The molecule has 33 heavy (non-hydrogen) atoms. The summed E-state index contributed by atoms with van der Waals surface area (Å²) in [5.74, 6) is 0.381. The molecule has 174 valence electrons. The number of amides is 1. The van der Waals surface area contributed by atoms with Crippen molar-refractivity contribution >= 4 is 11.6 Å². The molecule has 0 radical (unpaired) electrons. The first-order chi connectivity index (χ1) is 16.0. The molecule has 2 fully saturated rings. The van der Waals surface area contributed by atoms with Crippen LogP contribution in [0.2, 0.25) is 0 Å². The molecule has 0 aromatic carbocycles. The van der Waals surface area contributed by atoms with Gasteiger partial charge in [-0.3, -0.25) is 19.7 Å². The number of fused-ring (bicyclic) bond motifs is 1. The molecule has 2 aliphatic heterocycles. The summed E-state index contributed by atoms with van der Waals surface area (Å²) < 4.78 is 1.52.